The molecule has 1 aromatic carbocycles. The fourth-order valence-electron chi connectivity index (χ4n) is 2.27. The third kappa shape index (κ3) is 5.94. The minimum Gasteiger partial charge on any atom is -0.494 e. The fraction of sp³-hybridized carbons (Fsp3) is 0.562. The first-order valence-corrected chi connectivity index (χ1v) is 7.17. The summed E-state index contributed by atoms with van der Waals surface area (Å²) in [6.45, 7) is 7.00. The highest BCUT2D eigenvalue weighted by Crippen LogP contribution is 2.16. The van der Waals surface area contributed by atoms with E-state index in [-0.39, 0.29) is 18.3 Å². The topological polar surface area (TPSA) is 55.6 Å². The first-order valence-electron chi connectivity index (χ1n) is 7.17. The third-order valence-electron chi connectivity index (χ3n) is 3.26. The van der Waals surface area contributed by atoms with Gasteiger partial charge in [-0.25, -0.2) is 0 Å². The molecule has 0 fully saturated rings. The molecule has 21 heavy (non-hydrogen) atoms. The number of carbonyl (C=O) groups is 1. The Hall–Kier alpha value is -1.26. The van der Waals surface area contributed by atoms with Gasteiger partial charge in [-0.1, -0.05) is 25.5 Å². The van der Waals surface area contributed by atoms with Crippen LogP contribution in [0, 0.1) is 0 Å². The van der Waals surface area contributed by atoms with Crippen LogP contribution in [0.4, 0.5) is 0 Å². The van der Waals surface area contributed by atoms with Gasteiger partial charge in [0.05, 0.1) is 12.1 Å². The van der Waals surface area contributed by atoms with E-state index < -0.39 is 5.54 Å². The largest absolute Gasteiger partial charge is 0.494 e. The quantitative estimate of drug-likeness (QED) is 0.841. The maximum atomic E-state index is 12.3. The molecule has 5 heteroatoms. The molecule has 0 radical (unpaired) electrons. The second-order valence-corrected chi connectivity index (χ2v) is 5.41. The SMILES string of the molecule is CCCC(C)(N)C(=O)N(C)Cc1ccc(OCC)cc1.Cl. The average molecular weight is 315 g/mol. The van der Waals surface area contributed by atoms with Gasteiger partial charge in [0.15, 0.2) is 0 Å². The maximum Gasteiger partial charge on any atom is 0.242 e. The van der Waals surface area contributed by atoms with Crippen molar-refractivity contribution in [1.29, 1.82) is 0 Å². The molecule has 4 nitrogen and oxygen atoms in total. The summed E-state index contributed by atoms with van der Waals surface area (Å²) in [7, 11) is 1.79. The van der Waals surface area contributed by atoms with Crippen LogP contribution < -0.4 is 10.5 Å². The van der Waals surface area contributed by atoms with Crippen LogP contribution in [0.25, 0.3) is 0 Å². The van der Waals surface area contributed by atoms with Crippen molar-refractivity contribution in [3.63, 3.8) is 0 Å². The van der Waals surface area contributed by atoms with Gasteiger partial charge in [0, 0.05) is 13.6 Å². The molecule has 0 saturated heterocycles. The Morgan fingerprint density at radius 1 is 1.29 bits per heavy atom. The summed E-state index contributed by atoms with van der Waals surface area (Å²) >= 11 is 0. The first kappa shape index (κ1) is 19.7. The van der Waals surface area contributed by atoms with E-state index in [0.717, 1.165) is 17.7 Å². The van der Waals surface area contributed by atoms with E-state index in [4.69, 9.17) is 10.5 Å². The van der Waals surface area contributed by atoms with Crippen LogP contribution in [0.15, 0.2) is 24.3 Å². The molecule has 120 valence electrons. The van der Waals surface area contributed by atoms with Crippen LogP contribution in [-0.4, -0.2) is 30.0 Å². The lowest BCUT2D eigenvalue weighted by atomic mass is 9.96. The Balaban J connectivity index is 0.00000400. The molecule has 0 aromatic heterocycles. The molecular formula is C16H27ClN2O2. The van der Waals surface area contributed by atoms with Crippen LogP contribution in [0.5, 0.6) is 5.75 Å². The van der Waals surface area contributed by atoms with Crippen molar-refractivity contribution in [2.45, 2.75) is 45.7 Å². The molecule has 1 rings (SSSR count). The third-order valence-corrected chi connectivity index (χ3v) is 3.26. The molecule has 2 N–H and O–H groups in total. The Labute approximate surface area is 134 Å². The number of benzene rings is 1. The van der Waals surface area contributed by atoms with Gasteiger partial charge in [-0.2, -0.15) is 0 Å². The lowest BCUT2D eigenvalue weighted by Crippen LogP contribution is -2.51. The van der Waals surface area contributed by atoms with Crippen molar-refractivity contribution >= 4 is 18.3 Å². The van der Waals surface area contributed by atoms with Gasteiger partial charge in [-0.3, -0.25) is 4.79 Å². The van der Waals surface area contributed by atoms with E-state index >= 15 is 0 Å². The van der Waals surface area contributed by atoms with Crippen LogP contribution in [0.2, 0.25) is 0 Å². The van der Waals surface area contributed by atoms with Crippen molar-refractivity contribution < 1.29 is 9.53 Å². The standard InChI is InChI=1S/C16H26N2O2.ClH/c1-5-11-16(3,17)15(19)18(4)12-13-7-9-14(10-8-13)20-6-2;/h7-10H,5-6,11-12,17H2,1-4H3;1H. The zero-order chi connectivity index (χ0) is 15.2. The maximum absolute atomic E-state index is 12.3. The van der Waals surface area contributed by atoms with Crippen molar-refractivity contribution in [3.05, 3.63) is 29.8 Å². The van der Waals surface area contributed by atoms with Gasteiger partial charge in [-0.15, -0.1) is 12.4 Å². The Morgan fingerprint density at radius 3 is 2.33 bits per heavy atom. The zero-order valence-electron chi connectivity index (χ0n) is 13.4. The monoisotopic (exact) mass is 314 g/mol. The Morgan fingerprint density at radius 2 is 1.86 bits per heavy atom. The van der Waals surface area contributed by atoms with E-state index in [1.807, 2.05) is 38.1 Å². The number of hydrogen-bond donors (Lipinski definition) is 1. The number of hydrogen-bond acceptors (Lipinski definition) is 3. The predicted octanol–water partition coefficient (Wildman–Crippen LogP) is 2.98. The molecular weight excluding hydrogens is 288 g/mol. The van der Waals surface area contributed by atoms with Crippen molar-refractivity contribution in [3.8, 4) is 5.75 Å². The fourth-order valence-corrected chi connectivity index (χ4v) is 2.27. The lowest BCUT2D eigenvalue weighted by molar-refractivity contribution is -0.135. The first-order chi connectivity index (χ1) is 9.40. The summed E-state index contributed by atoms with van der Waals surface area (Å²) in [6.07, 6.45) is 1.59. The molecule has 0 aliphatic rings. The van der Waals surface area contributed by atoms with Gasteiger partial charge in [0.1, 0.15) is 5.75 Å². The van der Waals surface area contributed by atoms with Gasteiger partial charge in [-0.05, 0) is 38.0 Å². The lowest BCUT2D eigenvalue weighted by Gasteiger charge is -2.29. The number of ether oxygens (including phenoxy) is 1. The van der Waals surface area contributed by atoms with Crippen molar-refractivity contribution in [1.82, 2.24) is 4.90 Å². The number of amides is 1. The molecule has 1 unspecified atom stereocenters. The summed E-state index contributed by atoms with van der Waals surface area (Å²) in [5, 5.41) is 0. The molecule has 0 aliphatic carbocycles. The second kappa shape index (κ2) is 8.90. The normalized spacial score (nSPS) is 13.0. The van der Waals surface area contributed by atoms with Crippen LogP contribution in [0.3, 0.4) is 0 Å². The number of likely N-dealkylation sites (N-methyl/N-ethyl adjacent to an activating group) is 1. The van der Waals surface area contributed by atoms with Crippen LogP contribution in [-0.2, 0) is 11.3 Å². The molecule has 1 aromatic rings. The summed E-state index contributed by atoms with van der Waals surface area (Å²) in [5.74, 6) is 0.827. The highest BCUT2D eigenvalue weighted by Gasteiger charge is 2.29. The second-order valence-electron chi connectivity index (χ2n) is 5.41. The minimum atomic E-state index is -0.783. The molecule has 1 atom stereocenters. The Bertz CT molecular complexity index is 432. The summed E-state index contributed by atoms with van der Waals surface area (Å²) in [4.78, 5) is 14.0. The molecule has 0 aliphatic heterocycles. The Kier molecular flexibility index (Phi) is 8.37. The number of rotatable bonds is 7. The van der Waals surface area contributed by atoms with E-state index in [2.05, 4.69) is 0 Å². The van der Waals surface area contributed by atoms with Crippen molar-refractivity contribution in [2.24, 2.45) is 5.73 Å². The van der Waals surface area contributed by atoms with E-state index in [9.17, 15) is 4.79 Å². The van der Waals surface area contributed by atoms with Gasteiger partial charge in [0.25, 0.3) is 0 Å². The predicted molar refractivity (Wildman–Crippen MR) is 88.8 cm³/mol. The average Bonchev–Trinajstić information content (AvgIpc) is 2.40. The molecule has 0 spiro atoms. The highest BCUT2D eigenvalue weighted by atomic mass is 35.5. The van der Waals surface area contributed by atoms with Gasteiger partial charge < -0.3 is 15.4 Å². The van der Waals surface area contributed by atoms with Crippen LogP contribution >= 0.6 is 12.4 Å². The highest BCUT2D eigenvalue weighted by molar-refractivity contribution is 5.85. The smallest absolute Gasteiger partial charge is 0.242 e. The number of nitrogens with two attached hydrogens (primary N) is 1. The number of nitrogens with zero attached hydrogens (tertiary/aromatic N) is 1. The summed E-state index contributed by atoms with van der Waals surface area (Å²) < 4.78 is 5.40. The van der Waals surface area contributed by atoms with Crippen molar-refractivity contribution in [2.75, 3.05) is 13.7 Å². The van der Waals surface area contributed by atoms with Gasteiger partial charge >= 0.3 is 0 Å². The van der Waals surface area contributed by atoms with E-state index in [1.165, 1.54) is 0 Å². The summed E-state index contributed by atoms with van der Waals surface area (Å²) in [5.41, 5.74) is 6.36. The minimum absolute atomic E-state index is 0. The number of carbonyl (C=O) groups excluding carboxylic acids is 1. The van der Waals surface area contributed by atoms with E-state index in [1.54, 1.807) is 18.9 Å². The molecule has 0 saturated carbocycles. The molecule has 0 bridgehead atoms. The zero-order valence-corrected chi connectivity index (χ0v) is 14.2. The molecule has 1 amide bonds. The molecule has 0 heterocycles. The number of halogens is 1. The van der Waals surface area contributed by atoms with E-state index in [0.29, 0.717) is 19.6 Å². The van der Waals surface area contributed by atoms with Crippen LogP contribution in [0.1, 0.15) is 39.2 Å². The summed E-state index contributed by atoms with van der Waals surface area (Å²) in [6, 6.07) is 7.79. The van der Waals surface area contributed by atoms with Gasteiger partial charge in [0.2, 0.25) is 5.91 Å².